The van der Waals surface area contributed by atoms with Crippen LogP contribution in [0.15, 0.2) is 48.7 Å². The molecule has 0 atom stereocenters. The summed E-state index contributed by atoms with van der Waals surface area (Å²) in [5.41, 5.74) is 9.83. The molecule has 2 aromatic carbocycles. The Labute approximate surface area is 133 Å². The van der Waals surface area contributed by atoms with E-state index in [2.05, 4.69) is 9.94 Å². The number of benzene rings is 2. The molecule has 0 aliphatic heterocycles. The van der Waals surface area contributed by atoms with Gasteiger partial charge in [0.15, 0.2) is 5.69 Å². The Bertz CT molecular complexity index is 906. The van der Waals surface area contributed by atoms with Gasteiger partial charge in [0, 0.05) is 18.3 Å². The van der Waals surface area contributed by atoms with Crippen LogP contribution in [0.4, 0.5) is 10.1 Å². The molecule has 114 valence electrons. The van der Waals surface area contributed by atoms with Gasteiger partial charge >= 0.3 is 0 Å². The Hall–Kier alpha value is -2.97. The summed E-state index contributed by atoms with van der Waals surface area (Å²) in [5, 5.41) is 4.49. The maximum Gasteiger partial charge on any atom is 0.190 e. The molecule has 0 saturated carbocycles. The van der Waals surface area contributed by atoms with Crippen molar-refractivity contribution in [2.75, 3.05) is 0 Å². The van der Waals surface area contributed by atoms with Crippen molar-refractivity contribution in [3.8, 4) is 16.9 Å². The zero-order chi connectivity index (χ0) is 16.4. The number of hydrogen-bond donors (Lipinski definition) is 1. The van der Waals surface area contributed by atoms with Crippen molar-refractivity contribution in [2.24, 2.45) is 5.73 Å². The van der Waals surface area contributed by atoms with Crippen molar-refractivity contribution < 1.29 is 4.39 Å². The lowest BCUT2D eigenvalue weighted by atomic mass is 10.1. The molecule has 0 amide bonds. The standard InChI is InChI=1S/C18H15FN4/c1-12-9-13(4-6-17(12)21-2)18-7-8-23(22-18)15-5-3-14(11-20)16(19)10-15/h3-10H,11,20H2,1H3. The number of aromatic nitrogens is 2. The van der Waals surface area contributed by atoms with Crippen LogP contribution in [0.25, 0.3) is 21.8 Å². The van der Waals surface area contributed by atoms with Gasteiger partial charge in [0.05, 0.1) is 18.0 Å². The van der Waals surface area contributed by atoms with E-state index < -0.39 is 0 Å². The Morgan fingerprint density at radius 3 is 2.70 bits per heavy atom. The molecule has 0 spiro atoms. The smallest absolute Gasteiger partial charge is 0.190 e. The molecule has 0 radical (unpaired) electrons. The fourth-order valence-corrected chi connectivity index (χ4v) is 2.41. The fourth-order valence-electron chi connectivity index (χ4n) is 2.41. The van der Waals surface area contributed by atoms with E-state index in [4.69, 9.17) is 12.3 Å². The van der Waals surface area contributed by atoms with Crippen molar-refractivity contribution in [1.29, 1.82) is 0 Å². The van der Waals surface area contributed by atoms with Crippen LogP contribution >= 0.6 is 0 Å². The summed E-state index contributed by atoms with van der Waals surface area (Å²) in [5.74, 6) is -0.334. The summed E-state index contributed by atoms with van der Waals surface area (Å²) in [7, 11) is 0. The van der Waals surface area contributed by atoms with E-state index in [1.807, 2.05) is 25.1 Å². The molecule has 0 unspecified atom stereocenters. The largest absolute Gasteiger partial charge is 0.326 e. The molecule has 0 aliphatic rings. The third kappa shape index (κ3) is 2.85. The van der Waals surface area contributed by atoms with Gasteiger partial charge < -0.3 is 5.73 Å². The van der Waals surface area contributed by atoms with Crippen LogP contribution < -0.4 is 5.73 Å². The number of rotatable bonds is 3. The second-order valence-corrected chi connectivity index (χ2v) is 5.24. The summed E-state index contributed by atoms with van der Waals surface area (Å²) in [6.07, 6.45) is 1.78. The van der Waals surface area contributed by atoms with Gasteiger partial charge in [0.1, 0.15) is 5.82 Å². The molecule has 1 aromatic heterocycles. The molecule has 4 nitrogen and oxygen atoms in total. The van der Waals surface area contributed by atoms with Crippen molar-refractivity contribution in [2.45, 2.75) is 13.5 Å². The average molecular weight is 306 g/mol. The van der Waals surface area contributed by atoms with Crippen molar-refractivity contribution in [1.82, 2.24) is 9.78 Å². The quantitative estimate of drug-likeness (QED) is 0.744. The lowest BCUT2D eigenvalue weighted by Crippen LogP contribution is -2.02. The van der Waals surface area contributed by atoms with Crippen LogP contribution in [0.1, 0.15) is 11.1 Å². The summed E-state index contributed by atoms with van der Waals surface area (Å²) in [6.45, 7) is 9.16. The first-order chi connectivity index (χ1) is 11.1. The van der Waals surface area contributed by atoms with Gasteiger partial charge in [-0.2, -0.15) is 5.10 Å². The SMILES string of the molecule is [C-]#[N+]c1ccc(-c2ccn(-c3ccc(CN)c(F)c3)n2)cc1C. The minimum Gasteiger partial charge on any atom is -0.326 e. The minimum atomic E-state index is -0.334. The number of aryl methyl sites for hydroxylation is 1. The van der Waals surface area contributed by atoms with E-state index in [1.54, 1.807) is 29.1 Å². The molecule has 0 saturated heterocycles. The van der Waals surface area contributed by atoms with Crippen molar-refractivity contribution in [3.63, 3.8) is 0 Å². The monoisotopic (exact) mass is 306 g/mol. The molecule has 0 fully saturated rings. The highest BCUT2D eigenvalue weighted by Crippen LogP contribution is 2.26. The van der Waals surface area contributed by atoms with E-state index in [-0.39, 0.29) is 12.4 Å². The molecule has 5 heteroatoms. The van der Waals surface area contributed by atoms with Crippen LogP contribution in [0.5, 0.6) is 0 Å². The molecule has 3 aromatic rings. The molecular formula is C18H15FN4. The van der Waals surface area contributed by atoms with E-state index >= 15 is 0 Å². The Morgan fingerprint density at radius 1 is 1.22 bits per heavy atom. The third-order valence-electron chi connectivity index (χ3n) is 3.72. The maximum absolute atomic E-state index is 13.9. The molecule has 2 N–H and O–H groups in total. The van der Waals surface area contributed by atoms with Crippen molar-refractivity contribution >= 4 is 5.69 Å². The van der Waals surface area contributed by atoms with E-state index in [0.717, 1.165) is 16.8 Å². The predicted molar refractivity (Wildman–Crippen MR) is 87.8 cm³/mol. The van der Waals surface area contributed by atoms with E-state index in [9.17, 15) is 4.39 Å². The maximum atomic E-state index is 13.9. The number of nitrogens with zero attached hydrogens (tertiary/aromatic N) is 3. The Balaban J connectivity index is 1.96. The molecule has 0 bridgehead atoms. The Morgan fingerprint density at radius 2 is 2.04 bits per heavy atom. The first kappa shape index (κ1) is 14.9. The van der Waals surface area contributed by atoms with E-state index in [0.29, 0.717) is 16.9 Å². The van der Waals surface area contributed by atoms with Crippen LogP contribution in [0.2, 0.25) is 0 Å². The second-order valence-electron chi connectivity index (χ2n) is 5.24. The summed E-state index contributed by atoms with van der Waals surface area (Å²) in [4.78, 5) is 3.46. The van der Waals surface area contributed by atoms with Crippen LogP contribution in [-0.2, 0) is 6.54 Å². The van der Waals surface area contributed by atoms with E-state index in [1.165, 1.54) is 6.07 Å². The van der Waals surface area contributed by atoms with Gasteiger partial charge in [-0.05, 0) is 36.2 Å². The van der Waals surface area contributed by atoms with Crippen molar-refractivity contribution in [3.05, 3.63) is 77.0 Å². The zero-order valence-corrected chi connectivity index (χ0v) is 12.6. The van der Waals surface area contributed by atoms with Gasteiger partial charge in [0.2, 0.25) is 0 Å². The van der Waals surface area contributed by atoms with Gasteiger partial charge in [-0.25, -0.2) is 13.9 Å². The molecular weight excluding hydrogens is 291 g/mol. The topological polar surface area (TPSA) is 48.2 Å². The predicted octanol–water partition coefficient (Wildman–Crippen LogP) is 4.00. The lowest BCUT2D eigenvalue weighted by Gasteiger charge is -2.05. The summed E-state index contributed by atoms with van der Waals surface area (Å²) < 4.78 is 15.5. The highest BCUT2D eigenvalue weighted by atomic mass is 19.1. The number of nitrogens with two attached hydrogens (primary N) is 1. The molecule has 3 rings (SSSR count). The molecule has 0 aliphatic carbocycles. The normalized spacial score (nSPS) is 10.5. The zero-order valence-electron chi connectivity index (χ0n) is 12.6. The minimum absolute atomic E-state index is 0.170. The number of hydrogen-bond acceptors (Lipinski definition) is 2. The third-order valence-corrected chi connectivity index (χ3v) is 3.72. The fraction of sp³-hybridized carbons (Fsp3) is 0.111. The van der Waals surface area contributed by atoms with Crippen LogP contribution in [-0.4, -0.2) is 9.78 Å². The highest BCUT2D eigenvalue weighted by molar-refractivity contribution is 5.66. The molecule has 23 heavy (non-hydrogen) atoms. The van der Waals surface area contributed by atoms with Crippen LogP contribution in [0, 0.1) is 19.3 Å². The highest BCUT2D eigenvalue weighted by Gasteiger charge is 2.08. The first-order valence-electron chi connectivity index (χ1n) is 7.15. The van der Waals surface area contributed by atoms with Gasteiger partial charge in [-0.15, -0.1) is 0 Å². The first-order valence-corrected chi connectivity index (χ1v) is 7.15. The number of halogens is 1. The average Bonchev–Trinajstić information content (AvgIpc) is 3.04. The second kappa shape index (κ2) is 6.03. The lowest BCUT2D eigenvalue weighted by molar-refractivity contribution is 0.608. The van der Waals surface area contributed by atoms with Crippen LogP contribution in [0.3, 0.4) is 0 Å². The summed E-state index contributed by atoms with van der Waals surface area (Å²) in [6, 6.07) is 12.3. The van der Waals surface area contributed by atoms with Gasteiger partial charge in [-0.3, -0.25) is 0 Å². The van der Waals surface area contributed by atoms with Gasteiger partial charge in [-0.1, -0.05) is 24.3 Å². The Kier molecular flexibility index (Phi) is 3.92. The summed E-state index contributed by atoms with van der Waals surface area (Å²) >= 11 is 0. The molecule has 1 heterocycles. The van der Waals surface area contributed by atoms with Gasteiger partial charge in [0.25, 0.3) is 0 Å².